The van der Waals surface area contributed by atoms with Gasteiger partial charge in [-0.3, -0.25) is 9.59 Å². The van der Waals surface area contributed by atoms with Gasteiger partial charge in [0.2, 0.25) is 11.8 Å². The molecule has 21 heavy (non-hydrogen) atoms. The molecule has 1 aliphatic rings. The molecule has 1 aliphatic carbocycles. The zero-order valence-corrected chi connectivity index (χ0v) is 14.0. The van der Waals surface area contributed by atoms with E-state index in [4.69, 9.17) is 5.73 Å². The molecule has 0 aromatic heterocycles. The minimum atomic E-state index is -0.501. The molecule has 0 saturated heterocycles. The van der Waals surface area contributed by atoms with Gasteiger partial charge in [-0.1, -0.05) is 27.7 Å². The molecule has 2 amide bonds. The van der Waals surface area contributed by atoms with E-state index in [1.807, 2.05) is 13.8 Å². The molecule has 5 unspecified atom stereocenters. The highest BCUT2D eigenvalue weighted by atomic mass is 16.2. The van der Waals surface area contributed by atoms with Crippen LogP contribution in [-0.4, -0.2) is 30.4 Å². The molecular formula is C16H31N3O2. The zero-order valence-electron chi connectivity index (χ0n) is 14.0. The van der Waals surface area contributed by atoms with Crippen molar-refractivity contribution in [3.8, 4) is 0 Å². The molecule has 0 heterocycles. The molecule has 0 aromatic carbocycles. The summed E-state index contributed by atoms with van der Waals surface area (Å²) in [6.45, 7) is 10.7. The lowest BCUT2D eigenvalue weighted by atomic mass is 9.72. The Balaban J connectivity index is 2.50. The lowest BCUT2D eigenvalue weighted by Crippen LogP contribution is -2.51. The Hall–Kier alpha value is -1.10. The number of carbonyl (C=O) groups is 2. The van der Waals surface area contributed by atoms with E-state index in [-0.39, 0.29) is 23.8 Å². The van der Waals surface area contributed by atoms with Crippen LogP contribution < -0.4 is 16.4 Å². The van der Waals surface area contributed by atoms with Gasteiger partial charge in [0.25, 0.3) is 0 Å². The van der Waals surface area contributed by atoms with Gasteiger partial charge in [0.05, 0.1) is 0 Å². The van der Waals surface area contributed by atoms with Crippen molar-refractivity contribution in [2.24, 2.45) is 29.4 Å². The molecule has 1 saturated carbocycles. The van der Waals surface area contributed by atoms with Crippen LogP contribution in [-0.2, 0) is 9.59 Å². The van der Waals surface area contributed by atoms with Crippen LogP contribution in [0, 0.1) is 23.7 Å². The largest absolute Gasteiger partial charge is 0.354 e. The lowest BCUT2D eigenvalue weighted by Gasteiger charge is -2.36. The van der Waals surface area contributed by atoms with Crippen LogP contribution in [0.1, 0.15) is 47.5 Å². The summed E-state index contributed by atoms with van der Waals surface area (Å²) in [4.78, 5) is 24.3. The summed E-state index contributed by atoms with van der Waals surface area (Å²) < 4.78 is 0. The standard InChI is InChI=1S/C16H31N3O2/c1-9(2)8-18-15(20)12(5)19-16(21)13-7-14(17)11(4)6-10(13)3/h9-14H,6-8,17H2,1-5H3,(H,18,20)(H,19,21). The second-order valence-electron chi connectivity index (χ2n) is 7.07. The lowest BCUT2D eigenvalue weighted by molar-refractivity contribution is -0.133. The third-order valence-corrected chi connectivity index (χ3v) is 4.46. The van der Waals surface area contributed by atoms with Crippen LogP contribution >= 0.6 is 0 Å². The van der Waals surface area contributed by atoms with Crippen molar-refractivity contribution in [2.75, 3.05) is 6.54 Å². The number of nitrogens with one attached hydrogen (secondary N) is 2. The van der Waals surface area contributed by atoms with Crippen LogP contribution in [0.3, 0.4) is 0 Å². The molecule has 5 heteroatoms. The fraction of sp³-hybridized carbons (Fsp3) is 0.875. The van der Waals surface area contributed by atoms with E-state index in [1.54, 1.807) is 6.92 Å². The minimum absolute atomic E-state index is 0.0444. The molecular weight excluding hydrogens is 266 g/mol. The van der Waals surface area contributed by atoms with Gasteiger partial charge in [0.15, 0.2) is 0 Å². The topological polar surface area (TPSA) is 84.2 Å². The Bertz CT molecular complexity index is 371. The average molecular weight is 297 g/mol. The molecule has 5 nitrogen and oxygen atoms in total. The van der Waals surface area contributed by atoms with Crippen LogP contribution in [0.5, 0.6) is 0 Å². The zero-order chi connectivity index (χ0) is 16.2. The first-order valence-corrected chi connectivity index (χ1v) is 8.06. The Morgan fingerprint density at radius 3 is 2.33 bits per heavy atom. The maximum absolute atomic E-state index is 12.4. The van der Waals surface area contributed by atoms with Gasteiger partial charge >= 0.3 is 0 Å². The molecule has 0 aromatic rings. The highest BCUT2D eigenvalue weighted by Gasteiger charge is 2.35. The summed E-state index contributed by atoms with van der Waals surface area (Å²) in [5.41, 5.74) is 6.08. The molecule has 0 spiro atoms. The number of nitrogens with two attached hydrogens (primary N) is 1. The van der Waals surface area contributed by atoms with E-state index >= 15 is 0 Å². The van der Waals surface area contributed by atoms with Crippen LogP contribution in [0.25, 0.3) is 0 Å². The fourth-order valence-electron chi connectivity index (χ4n) is 2.89. The van der Waals surface area contributed by atoms with Crippen molar-refractivity contribution in [2.45, 2.75) is 59.5 Å². The van der Waals surface area contributed by atoms with E-state index in [0.717, 1.165) is 6.42 Å². The SMILES string of the molecule is CC(C)CNC(=O)C(C)NC(=O)C1CC(N)C(C)CC1C. The van der Waals surface area contributed by atoms with E-state index < -0.39 is 6.04 Å². The van der Waals surface area contributed by atoms with Gasteiger partial charge in [0.1, 0.15) is 6.04 Å². The van der Waals surface area contributed by atoms with Crippen LogP contribution in [0.15, 0.2) is 0 Å². The van der Waals surface area contributed by atoms with Crippen molar-refractivity contribution in [1.82, 2.24) is 10.6 Å². The highest BCUT2D eigenvalue weighted by Crippen LogP contribution is 2.32. The van der Waals surface area contributed by atoms with E-state index in [2.05, 4.69) is 24.5 Å². The quantitative estimate of drug-likeness (QED) is 0.714. The van der Waals surface area contributed by atoms with Crippen molar-refractivity contribution in [3.63, 3.8) is 0 Å². The summed E-state index contributed by atoms with van der Waals surface area (Å²) in [5.74, 6) is 0.906. The first-order chi connectivity index (χ1) is 9.72. The molecule has 4 N–H and O–H groups in total. The molecule has 122 valence electrons. The Kier molecular flexibility index (Phi) is 6.65. The maximum Gasteiger partial charge on any atom is 0.242 e. The molecule has 1 rings (SSSR count). The van der Waals surface area contributed by atoms with Gasteiger partial charge < -0.3 is 16.4 Å². The van der Waals surface area contributed by atoms with Crippen LogP contribution in [0.4, 0.5) is 0 Å². The molecule has 0 bridgehead atoms. The summed E-state index contributed by atoms with van der Waals surface area (Å²) in [6, 6.07) is -0.430. The van der Waals surface area contributed by atoms with Gasteiger partial charge in [-0.15, -0.1) is 0 Å². The smallest absolute Gasteiger partial charge is 0.242 e. The number of hydrogen-bond donors (Lipinski definition) is 3. The van der Waals surface area contributed by atoms with E-state index in [0.29, 0.717) is 30.7 Å². The second kappa shape index (κ2) is 7.78. The molecule has 5 atom stereocenters. The third-order valence-electron chi connectivity index (χ3n) is 4.46. The third kappa shape index (κ3) is 5.30. The number of hydrogen-bond acceptors (Lipinski definition) is 3. The van der Waals surface area contributed by atoms with Gasteiger partial charge in [-0.05, 0) is 37.5 Å². The first-order valence-electron chi connectivity index (χ1n) is 8.06. The monoisotopic (exact) mass is 297 g/mol. The van der Waals surface area contributed by atoms with E-state index in [1.165, 1.54) is 0 Å². The van der Waals surface area contributed by atoms with Gasteiger partial charge in [-0.25, -0.2) is 0 Å². The van der Waals surface area contributed by atoms with E-state index in [9.17, 15) is 9.59 Å². The van der Waals surface area contributed by atoms with Crippen molar-refractivity contribution >= 4 is 11.8 Å². The average Bonchev–Trinajstić information content (AvgIpc) is 2.39. The van der Waals surface area contributed by atoms with Crippen molar-refractivity contribution in [3.05, 3.63) is 0 Å². The number of rotatable bonds is 5. The first kappa shape index (κ1) is 18.0. The predicted molar refractivity (Wildman–Crippen MR) is 84.5 cm³/mol. The molecule has 1 fully saturated rings. The summed E-state index contributed by atoms with van der Waals surface area (Å²) in [7, 11) is 0. The van der Waals surface area contributed by atoms with Gasteiger partial charge in [0, 0.05) is 18.5 Å². The second-order valence-corrected chi connectivity index (χ2v) is 7.07. The highest BCUT2D eigenvalue weighted by molar-refractivity contribution is 5.88. The summed E-state index contributed by atoms with van der Waals surface area (Å²) in [6.07, 6.45) is 1.67. The summed E-state index contributed by atoms with van der Waals surface area (Å²) in [5, 5.41) is 5.67. The van der Waals surface area contributed by atoms with Crippen molar-refractivity contribution in [1.29, 1.82) is 0 Å². The van der Waals surface area contributed by atoms with Crippen LogP contribution in [0.2, 0.25) is 0 Å². The normalized spacial score (nSPS) is 30.8. The predicted octanol–water partition coefficient (Wildman–Crippen LogP) is 1.27. The van der Waals surface area contributed by atoms with Crippen molar-refractivity contribution < 1.29 is 9.59 Å². The number of carbonyl (C=O) groups excluding carboxylic acids is 2. The minimum Gasteiger partial charge on any atom is -0.354 e. The Labute approximate surface area is 128 Å². The van der Waals surface area contributed by atoms with Gasteiger partial charge in [-0.2, -0.15) is 0 Å². The molecule has 0 radical (unpaired) electrons. The maximum atomic E-state index is 12.4. The fourth-order valence-corrected chi connectivity index (χ4v) is 2.89. The number of amides is 2. The summed E-state index contributed by atoms with van der Waals surface area (Å²) >= 11 is 0. The Morgan fingerprint density at radius 1 is 1.14 bits per heavy atom. The Morgan fingerprint density at radius 2 is 1.76 bits per heavy atom. The molecule has 0 aliphatic heterocycles.